The Hall–Kier alpha value is -2.69. The van der Waals surface area contributed by atoms with Crippen molar-refractivity contribution >= 4 is 5.91 Å². The Labute approximate surface area is 148 Å². The molecule has 2 rings (SSSR count). The van der Waals surface area contributed by atoms with Crippen LogP contribution < -0.4 is 19.5 Å². The Morgan fingerprint density at radius 3 is 2.20 bits per heavy atom. The first-order chi connectivity index (χ1) is 12.1. The molecule has 25 heavy (non-hydrogen) atoms. The number of methoxy groups -OCH3 is 2. The van der Waals surface area contributed by atoms with E-state index in [4.69, 9.17) is 14.2 Å². The summed E-state index contributed by atoms with van der Waals surface area (Å²) >= 11 is 0. The lowest BCUT2D eigenvalue weighted by molar-refractivity contribution is 0.0938. The van der Waals surface area contributed by atoms with Crippen LogP contribution in [-0.4, -0.2) is 26.2 Å². The number of carbonyl (C=O) groups excluding carboxylic acids is 1. The van der Waals surface area contributed by atoms with Crippen LogP contribution in [0.15, 0.2) is 42.5 Å². The molecule has 0 heterocycles. The van der Waals surface area contributed by atoms with Crippen molar-refractivity contribution in [2.75, 3.05) is 14.2 Å². The van der Waals surface area contributed by atoms with Gasteiger partial charge in [0.15, 0.2) is 11.5 Å². The van der Waals surface area contributed by atoms with Crippen LogP contribution in [0.4, 0.5) is 0 Å². The first-order valence-electron chi connectivity index (χ1n) is 8.32. The van der Waals surface area contributed by atoms with Crippen molar-refractivity contribution < 1.29 is 19.0 Å². The number of rotatable bonds is 8. The average molecular weight is 343 g/mol. The van der Waals surface area contributed by atoms with E-state index in [1.165, 1.54) is 0 Å². The molecule has 1 N–H and O–H groups in total. The van der Waals surface area contributed by atoms with Gasteiger partial charge >= 0.3 is 0 Å². The summed E-state index contributed by atoms with van der Waals surface area (Å²) in [5, 5.41) is 2.93. The van der Waals surface area contributed by atoms with E-state index < -0.39 is 0 Å². The molecule has 0 saturated heterocycles. The van der Waals surface area contributed by atoms with Crippen molar-refractivity contribution in [1.29, 1.82) is 0 Å². The Morgan fingerprint density at radius 1 is 1.08 bits per heavy atom. The van der Waals surface area contributed by atoms with Crippen LogP contribution in [0.1, 0.15) is 36.2 Å². The summed E-state index contributed by atoms with van der Waals surface area (Å²) in [6, 6.07) is 13.2. The summed E-state index contributed by atoms with van der Waals surface area (Å²) in [6.07, 6.45) is 0.859. The molecule has 1 unspecified atom stereocenters. The monoisotopic (exact) mass is 343 g/mol. The molecule has 2 aromatic carbocycles. The minimum absolute atomic E-state index is 0.0958. The molecule has 0 fully saturated rings. The maximum Gasteiger partial charge on any atom is 0.251 e. The second-order valence-corrected chi connectivity index (χ2v) is 5.77. The van der Waals surface area contributed by atoms with E-state index in [0.717, 1.165) is 12.0 Å². The van der Waals surface area contributed by atoms with Gasteiger partial charge in [-0.3, -0.25) is 4.79 Å². The van der Waals surface area contributed by atoms with E-state index in [1.807, 2.05) is 44.2 Å². The molecule has 134 valence electrons. The molecule has 0 bridgehead atoms. The molecule has 0 spiro atoms. The van der Waals surface area contributed by atoms with E-state index in [1.54, 1.807) is 26.4 Å². The van der Waals surface area contributed by atoms with Crippen molar-refractivity contribution in [2.24, 2.45) is 0 Å². The van der Waals surface area contributed by atoms with Gasteiger partial charge in [0.1, 0.15) is 6.61 Å². The normalized spacial score (nSPS) is 11.5. The van der Waals surface area contributed by atoms with Crippen LogP contribution in [0.25, 0.3) is 0 Å². The van der Waals surface area contributed by atoms with Crippen molar-refractivity contribution in [3.8, 4) is 17.2 Å². The zero-order chi connectivity index (χ0) is 18.2. The Kier molecular flexibility index (Phi) is 6.69. The second-order valence-electron chi connectivity index (χ2n) is 5.77. The number of ether oxygens (including phenoxy) is 3. The molecular weight excluding hydrogens is 318 g/mol. The van der Waals surface area contributed by atoms with E-state index in [-0.39, 0.29) is 11.9 Å². The van der Waals surface area contributed by atoms with Gasteiger partial charge in [-0.1, -0.05) is 37.3 Å². The largest absolute Gasteiger partial charge is 0.493 e. The Bertz CT molecular complexity index is 675. The molecule has 1 atom stereocenters. The topological polar surface area (TPSA) is 56.8 Å². The van der Waals surface area contributed by atoms with Gasteiger partial charge in [-0.2, -0.15) is 0 Å². The van der Waals surface area contributed by atoms with Gasteiger partial charge in [-0.25, -0.2) is 0 Å². The summed E-state index contributed by atoms with van der Waals surface area (Å²) in [7, 11) is 3.08. The maximum absolute atomic E-state index is 12.4. The highest BCUT2D eigenvalue weighted by molar-refractivity contribution is 5.95. The quantitative estimate of drug-likeness (QED) is 0.792. The van der Waals surface area contributed by atoms with E-state index in [2.05, 4.69) is 5.32 Å². The Morgan fingerprint density at radius 2 is 1.68 bits per heavy atom. The molecule has 0 aromatic heterocycles. The fraction of sp³-hybridized carbons (Fsp3) is 0.350. The third-order valence-corrected chi connectivity index (χ3v) is 3.94. The highest BCUT2D eigenvalue weighted by Gasteiger charge is 2.18. The van der Waals surface area contributed by atoms with Crippen LogP contribution >= 0.6 is 0 Å². The minimum Gasteiger partial charge on any atom is -0.493 e. The molecular formula is C20H25NO4. The van der Waals surface area contributed by atoms with E-state index in [9.17, 15) is 4.79 Å². The van der Waals surface area contributed by atoms with Gasteiger partial charge in [0, 0.05) is 11.6 Å². The van der Waals surface area contributed by atoms with Gasteiger partial charge in [0.05, 0.1) is 14.2 Å². The van der Waals surface area contributed by atoms with Gasteiger partial charge in [0.25, 0.3) is 5.91 Å². The van der Waals surface area contributed by atoms with Crippen molar-refractivity contribution in [2.45, 2.75) is 32.9 Å². The van der Waals surface area contributed by atoms with Crippen LogP contribution in [0, 0.1) is 0 Å². The van der Waals surface area contributed by atoms with Crippen LogP contribution in [0.5, 0.6) is 17.2 Å². The third-order valence-electron chi connectivity index (χ3n) is 3.94. The van der Waals surface area contributed by atoms with Gasteiger partial charge in [-0.05, 0) is 31.0 Å². The predicted molar refractivity (Wildman–Crippen MR) is 97.5 cm³/mol. The molecule has 5 heteroatoms. The highest BCUT2D eigenvalue weighted by atomic mass is 16.5. The lowest BCUT2D eigenvalue weighted by Crippen LogP contribution is -2.31. The zero-order valence-corrected chi connectivity index (χ0v) is 15.2. The fourth-order valence-electron chi connectivity index (χ4n) is 2.29. The second kappa shape index (κ2) is 8.97. The zero-order valence-electron chi connectivity index (χ0n) is 15.2. The van der Waals surface area contributed by atoms with E-state index in [0.29, 0.717) is 29.4 Å². The van der Waals surface area contributed by atoms with Crippen LogP contribution in [0.2, 0.25) is 0 Å². The van der Waals surface area contributed by atoms with Gasteiger partial charge in [-0.15, -0.1) is 0 Å². The van der Waals surface area contributed by atoms with Crippen molar-refractivity contribution in [1.82, 2.24) is 5.32 Å². The number of carbonyl (C=O) groups is 1. The van der Waals surface area contributed by atoms with Crippen molar-refractivity contribution in [3.05, 3.63) is 53.6 Å². The molecule has 0 aliphatic rings. The van der Waals surface area contributed by atoms with Gasteiger partial charge in [0.2, 0.25) is 5.75 Å². The number of hydrogen-bond donors (Lipinski definition) is 1. The molecule has 2 aromatic rings. The predicted octanol–water partition coefficient (Wildman–Crippen LogP) is 3.81. The number of nitrogens with one attached hydrogen (secondary N) is 1. The average Bonchev–Trinajstić information content (AvgIpc) is 2.66. The molecule has 0 aliphatic carbocycles. The summed E-state index contributed by atoms with van der Waals surface area (Å²) < 4.78 is 16.7. The standard InChI is InChI=1S/C20H25NO4/c1-5-14(2)21-20(22)16-11-17(23-3)19(18(12-16)24-4)25-13-15-9-7-6-8-10-15/h6-12,14H,5,13H2,1-4H3,(H,21,22). The number of benzene rings is 2. The highest BCUT2D eigenvalue weighted by Crippen LogP contribution is 2.39. The molecule has 0 radical (unpaired) electrons. The van der Waals surface area contributed by atoms with E-state index >= 15 is 0 Å². The molecule has 0 aliphatic heterocycles. The lowest BCUT2D eigenvalue weighted by atomic mass is 10.1. The molecule has 0 saturated carbocycles. The first kappa shape index (κ1) is 18.6. The number of hydrogen-bond acceptors (Lipinski definition) is 4. The summed E-state index contributed by atoms with van der Waals surface area (Å²) in [6.45, 7) is 4.36. The molecule has 5 nitrogen and oxygen atoms in total. The van der Waals surface area contributed by atoms with Crippen molar-refractivity contribution in [3.63, 3.8) is 0 Å². The third kappa shape index (κ3) is 4.89. The van der Waals surface area contributed by atoms with Crippen LogP contribution in [-0.2, 0) is 6.61 Å². The fourth-order valence-corrected chi connectivity index (χ4v) is 2.29. The first-order valence-corrected chi connectivity index (χ1v) is 8.32. The number of amides is 1. The maximum atomic E-state index is 12.4. The summed E-state index contributed by atoms with van der Waals surface area (Å²) in [4.78, 5) is 12.4. The SMILES string of the molecule is CCC(C)NC(=O)c1cc(OC)c(OCc2ccccc2)c(OC)c1. The Balaban J connectivity index is 2.26. The minimum atomic E-state index is -0.166. The smallest absolute Gasteiger partial charge is 0.251 e. The summed E-state index contributed by atoms with van der Waals surface area (Å²) in [5.74, 6) is 1.24. The molecule has 1 amide bonds. The van der Waals surface area contributed by atoms with Gasteiger partial charge < -0.3 is 19.5 Å². The van der Waals surface area contributed by atoms with Crippen LogP contribution in [0.3, 0.4) is 0 Å². The lowest BCUT2D eigenvalue weighted by Gasteiger charge is -2.17. The summed E-state index contributed by atoms with van der Waals surface area (Å²) in [5.41, 5.74) is 1.51.